The van der Waals surface area contributed by atoms with E-state index in [2.05, 4.69) is 43.8 Å². The molecule has 1 aliphatic heterocycles. The molecule has 0 radical (unpaired) electrons. The Hall–Kier alpha value is -2.25. The highest BCUT2D eigenvalue weighted by atomic mass is 16.5. The molecule has 1 fully saturated rings. The van der Waals surface area contributed by atoms with Crippen molar-refractivity contribution in [3.63, 3.8) is 0 Å². The fourth-order valence-corrected chi connectivity index (χ4v) is 3.50. The molecule has 2 aromatic heterocycles. The van der Waals surface area contributed by atoms with Crippen LogP contribution in [0.4, 0.5) is 0 Å². The molecule has 126 valence electrons. The number of fused-ring (bicyclic) bond motifs is 1. The first kappa shape index (κ1) is 15.3. The van der Waals surface area contributed by atoms with E-state index in [4.69, 9.17) is 9.72 Å². The zero-order valence-corrected chi connectivity index (χ0v) is 14.2. The molecule has 7 heteroatoms. The highest BCUT2D eigenvalue weighted by Gasteiger charge is 2.36. The van der Waals surface area contributed by atoms with E-state index in [0.717, 1.165) is 48.0 Å². The third-order valence-electron chi connectivity index (χ3n) is 4.84. The number of para-hydroxylation sites is 2. The molecule has 0 amide bonds. The topological polar surface area (TPSA) is 71.9 Å². The molecule has 1 aliphatic rings. The summed E-state index contributed by atoms with van der Waals surface area (Å²) in [5, 5.41) is 7.31. The first-order valence-electron chi connectivity index (χ1n) is 8.21. The number of aromatic amines is 1. The monoisotopic (exact) mass is 326 g/mol. The van der Waals surface area contributed by atoms with Crippen molar-refractivity contribution < 1.29 is 4.74 Å². The molecule has 0 saturated carbocycles. The Balaban J connectivity index is 1.64. The maximum atomic E-state index is 5.59. The zero-order chi connectivity index (χ0) is 16.7. The van der Waals surface area contributed by atoms with Gasteiger partial charge in [0.15, 0.2) is 5.82 Å². The summed E-state index contributed by atoms with van der Waals surface area (Å²) in [5.41, 5.74) is 2.18. The minimum atomic E-state index is 0.153. The molecular formula is C17H22N6O. The van der Waals surface area contributed by atoms with E-state index in [1.807, 2.05) is 19.1 Å². The Morgan fingerprint density at radius 3 is 2.83 bits per heavy atom. The van der Waals surface area contributed by atoms with Crippen LogP contribution in [-0.2, 0) is 18.3 Å². The molecule has 0 bridgehead atoms. The van der Waals surface area contributed by atoms with Crippen LogP contribution in [0.25, 0.3) is 11.0 Å². The lowest BCUT2D eigenvalue weighted by molar-refractivity contribution is 0.107. The molecule has 24 heavy (non-hydrogen) atoms. The lowest BCUT2D eigenvalue weighted by Crippen LogP contribution is -2.26. The van der Waals surface area contributed by atoms with Crippen molar-refractivity contribution in [2.45, 2.75) is 32.0 Å². The summed E-state index contributed by atoms with van der Waals surface area (Å²) >= 11 is 0. The van der Waals surface area contributed by atoms with Gasteiger partial charge in [-0.15, -0.1) is 0 Å². The Bertz CT molecular complexity index is 854. The number of rotatable bonds is 4. The van der Waals surface area contributed by atoms with Crippen molar-refractivity contribution in [1.29, 1.82) is 0 Å². The Labute approximate surface area is 140 Å². The molecule has 1 aromatic carbocycles. The number of nitrogens with one attached hydrogen (secondary N) is 1. The van der Waals surface area contributed by atoms with Gasteiger partial charge in [-0.05, 0) is 25.5 Å². The van der Waals surface area contributed by atoms with E-state index in [1.54, 1.807) is 7.11 Å². The van der Waals surface area contributed by atoms with Gasteiger partial charge in [0.1, 0.15) is 11.6 Å². The summed E-state index contributed by atoms with van der Waals surface area (Å²) in [6.07, 6.45) is 1.10. The molecule has 7 nitrogen and oxygen atoms in total. The zero-order valence-electron chi connectivity index (χ0n) is 14.2. The number of benzene rings is 1. The van der Waals surface area contributed by atoms with Crippen LogP contribution >= 0.6 is 0 Å². The molecule has 0 aliphatic carbocycles. The lowest BCUT2D eigenvalue weighted by Gasteiger charge is -2.21. The number of aryl methyl sites for hydroxylation is 2. The second kappa shape index (κ2) is 5.99. The fraction of sp³-hybridized carbons (Fsp3) is 0.471. The molecule has 1 N–H and O–H groups in total. The number of methoxy groups -OCH3 is 1. The van der Waals surface area contributed by atoms with Gasteiger partial charge >= 0.3 is 0 Å². The Morgan fingerprint density at radius 1 is 1.29 bits per heavy atom. The molecule has 0 spiro atoms. The van der Waals surface area contributed by atoms with Crippen molar-refractivity contribution in [1.82, 2.24) is 29.6 Å². The van der Waals surface area contributed by atoms with Crippen LogP contribution in [-0.4, -0.2) is 49.4 Å². The Morgan fingerprint density at radius 2 is 2.12 bits per heavy atom. The molecule has 3 aromatic rings. The number of hydrogen-bond acceptors (Lipinski definition) is 5. The molecular weight excluding hydrogens is 304 g/mol. The van der Waals surface area contributed by atoms with E-state index in [0.29, 0.717) is 0 Å². The van der Waals surface area contributed by atoms with Crippen molar-refractivity contribution in [2.24, 2.45) is 7.05 Å². The van der Waals surface area contributed by atoms with Gasteiger partial charge in [-0.25, -0.2) is 9.97 Å². The largest absolute Gasteiger partial charge is 0.380 e. The number of hydrogen-bond donors (Lipinski definition) is 1. The summed E-state index contributed by atoms with van der Waals surface area (Å²) < 4.78 is 7.75. The van der Waals surface area contributed by atoms with Crippen molar-refractivity contribution >= 4 is 11.0 Å². The molecule has 1 saturated heterocycles. The highest BCUT2D eigenvalue weighted by Crippen LogP contribution is 2.33. The normalized spacial score (nSPS) is 21.8. The van der Waals surface area contributed by atoms with Gasteiger partial charge in [-0.1, -0.05) is 12.1 Å². The summed E-state index contributed by atoms with van der Waals surface area (Å²) in [6, 6.07) is 8.37. The van der Waals surface area contributed by atoms with Gasteiger partial charge in [0.25, 0.3) is 0 Å². The fourth-order valence-electron chi connectivity index (χ4n) is 3.50. The number of likely N-dealkylation sites (tertiary alicyclic amines) is 1. The summed E-state index contributed by atoms with van der Waals surface area (Å²) in [4.78, 5) is 11.7. The van der Waals surface area contributed by atoms with Crippen LogP contribution in [0.3, 0.4) is 0 Å². The van der Waals surface area contributed by atoms with Gasteiger partial charge in [0.2, 0.25) is 0 Å². The summed E-state index contributed by atoms with van der Waals surface area (Å²) in [6.45, 7) is 3.54. The van der Waals surface area contributed by atoms with Gasteiger partial charge in [-0.2, -0.15) is 5.10 Å². The van der Waals surface area contributed by atoms with Crippen LogP contribution < -0.4 is 0 Å². The highest BCUT2D eigenvalue weighted by molar-refractivity contribution is 5.75. The second-order valence-corrected chi connectivity index (χ2v) is 6.39. The molecule has 3 heterocycles. The van der Waals surface area contributed by atoms with Gasteiger partial charge in [-0.3, -0.25) is 10.00 Å². The maximum absolute atomic E-state index is 5.59. The second-order valence-electron chi connectivity index (χ2n) is 6.39. The number of nitrogens with zero attached hydrogens (tertiary/aromatic N) is 5. The third-order valence-corrected chi connectivity index (χ3v) is 4.84. The van der Waals surface area contributed by atoms with E-state index < -0.39 is 0 Å². The third kappa shape index (κ3) is 2.59. The quantitative estimate of drug-likeness (QED) is 0.793. The number of H-pyrrole nitrogens is 1. The standard InChI is InChI=1S/C17H22N6O/c1-11-18-17(21-20-11)15-8-12(24-3)9-23(15)10-16-19-13-6-4-5-7-14(13)22(16)2/h4-7,12,15H,8-10H2,1-3H3,(H,18,20,21)/t12-,15+/m1/s1. The average Bonchev–Trinajstić information content (AvgIpc) is 3.27. The number of ether oxygens (including phenoxy) is 1. The lowest BCUT2D eigenvalue weighted by atomic mass is 10.2. The smallest absolute Gasteiger partial charge is 0.167 e. The number of aromatic nitrogens is 5. The summed E-state index contributed by atoms with van der Waals surface area (Å²) in [5.74, 6) is 2.73. The van der Waals surface area contributed by atoms with Gasteiger partial charge < -0.3 is 9.30 Å². The van der Waals surface area contributed by atoms with Crippen LogP contribution in [0.2, 0.25) is 0 Å². The van der Waals surface area contributed by atoms with Gasteiger partial charge in [0.05, 0.1) is 29.7 Å². The van der Waals surface area contributed by atoms with E-state index >= 15 is 0 Å². The maximum Gasteiger partial charge on any atom is 0.167 e. The number of imidazole rings is 1. The average molecular weight is 326 g/mol. The van der Waals surface area contributed by atoms with E-state index in [9.17, 15) is 0 Å². The minimum absolute atomic E-state index is 0.153. The van der Waals surface area contributed by atoms with Crippen LogP contribution in [0.1, 0.15) is 29.9 Å². The van der Waals surface area contributed by atoms with Crippen LogP contribution in [0.15, 0.2) is 24.3 Å². The van der Waals surface area contributed by atoms with E-state index in [-0.39, 0.29) is 12.1 Å². The van der Waals surface area contributed by atoms with Crippen molar-refractivity contribution in [3.05, 3.63) is 41.7 Å². The molecule has 0 unspecified atom stereocenters. The first-order valence-corrected chi connectivity index (χ1v) is 8.21. The van der Waals surface area contributed by atoms with Crippen molar-refractivity contribution in [3.8, 4) is 0 Å². The first-order chi connectivity index (χ1) is 11.7. The Kier molecular flexibility index (Phi) is 3.82. The molecule has 2 atom stereocenters. The van der Waals surface area contributed by atoms with Crippen LogP contribution in [0, 0.1) is 6.92 Å². The minimum Gasteiger partial charge on any atom is -0.380 e. The van der Waals surface area contributed by atoms with Gasteiger partial charge in [0, 0.05) is 20.7 Å². The van der Waals surface area contributed by atoms with Crippen molar-refractivity contribution in [2.75, 3.05) is 13.7 Å². The predicted octanol–water partition coefficient (Wildman–Crippen LogP) is 1.96. The predicted molar refractivity (Wildman–Crippen MR) is 90.4 cm³/mol. The SMILES string of the molecule is CO[C@@H]1C[C@@H](c2n[nH]c(C)n2)N(Cc2nc3ccccc3n2C)C1. The van der Waals surface area contributed by atoms with E-state index in [1.165, 1.54) is 0 Å². The molecule has 4 rings (SSSR count). The van der Waals surface area contributed by atoms with Crippen LogP contribution in [0.5, 0.6) is 0 Å². The summed E-state index contributed by atoms with van der Waals surface area (Å²) in [7, 11) is 3.84.